The zero-order chi connectivity index (χ0) is 13.7. The second-order valence-corrected chi connectivity index (χ2v) is 4.74. The Balaban J connectivity index is 2.08. The molecule has 1 aromatic carbocycles. The van der Waals surface area contributed by atoms with Crippen LogP contribution in [0.4, 0.5) is 0 Å². The van der Waals surface area contributed by atoms with Gasteiger partial charge in [-0.2, -0.15) is 0 Å². The predicted octanol–water partition coefficient (Wildman–Crippen LogP) is 3.46. The van der Waals surface area contributed by atoms with E-state index < -0.39 is 0 Å². The van der Waals surface area contributed by atoms with E-state index in [-0.39, 0.29) is 6.04 Å². The summed E-state index contributed by atoms with van der Waals surface area (Å²) in [5, 5.41) is 6.97. The van der Waals surface area contributed by atoms with Crippen molar-refractivity contribution < 1.29 is 9.26 Å². The summed E-state index contributed by atoms with van der Waals surface area (Å²) in [4.78, 5) is 0. The van der Waals surface area contributed by atoms with Gasteiger partial charge in [-0.1, -0.05) is 36.4 Å². The number of nitrogens with zero attached hydrogens (tertiary/aromatic N) is 1. The van der Waals surface area contributed by atoms with E-state index in [0.717, 1.165) is 5.56 Å². The second-order valence-electron chi connectivity index (χ2n) is 3.94. The van der Waals surface area contributed by atoms with Crippen LogP contribution < -0.4 is 10.1 Å². The van der Waals surface area contributed by atoms with Crippen molar-refractivity contribution in [3.05, 3.63) is 58.8 Å². The Labute approximate surface area is 120 Å². The average Bonchev–Trinajstić information content (AvgIpc) is 2.81. The summed E-state index contributed by atoms with van der Waals surface area (Å²) in [6.45, 7) is 4.19. The van der Waals surface area contributed by atoms with E-state index in [2.05, 4.69) is 33.0 Å². The molecule has 0 aliphatic heterocycles. The number of aromatic nitrogens is 1. The molecule has 19 heavy (non-hydrogen) atoms. The highest BCUT2D eigenvalue weighted by molar-refractivity contribution is 9.10. The van der Waals surface area contributed by atoms with E-state index in [1.54, 1.807) is 6.08 Å². The van der Waals surface area contributed by atoms with E-state index in [1.165, 1.54) is 0 Å². The molecule has 1 heterocycles. The number of hydrogen-bond acceptors (Lipinski definition) is 4. The van der Waals surface area contributed by atoms with Gasteiger partial charge in [-0.3, -0.25) is 0 Å². The molecule has 4 nitrogen and oxygen atoms in total. The fourth-order valence-electron chi connectivity index (χ4n) is 1.64. The van der Waals surface area contributed by atoms with Gasteiger partial charge in [0.05, 0.1) is 6.04 Å². The van der Waals surface area contributed by atoms with Crippen molar-refractivity contribution in [2.24, 2.45) is 0 Å². The van der Waals surface area contributed by atoms with E-state index in [1.807, 2.05) is 37.4 Å². The quantitative estimate of drug-likeness (QED) is 0.827. The molecule has 0 aliphatic rings. The average molecular weight is 323 g/mol. The lowest BCUT2D eigenvalue weighted by molar-refractivity contribution is 0.263. The number of nitrogens with one attached hydrogen (secondary N) is 1. The summed E-state index contributed by atoms with van der Waals surface area (Å²) in [5.74, 6) is 1.10. The first kappa shape index (κ1) is 13.8. The third-order valence-electron chi connectivity index (χ3n) is 2.68. The molecule has 0 saturated carbocycles. The summed E-state index contributed by atoms with van der Waals surface area (Å²) >= 11 is 3.44. The van der Waals surface area contributed by atoms with Crippen molar-refractivity contribution >= 4 is 15.9 Å². The van der Waals surface area contributed by atoms with Crippen LogP contribution in [0.3, 0.4) is 0 Å². The van der Waals surface area contributed by atoms with E-state index in [9.17, 15) is 0 Å². The Morgan fingerprint density at radius 3 is 2.84 bits per heavy atom. The zero-order valence-electron chi connectivity index (χ0n) is 10.6. The van der Waals surface area contributed by atoms with Crippen molar-refractivity contribution in [3.63, 3.8) is 0 Å². The molecule has 1 aromatic heterocycles. The molecule has 2 aromatic rings. The number of hydrogen-bond donors (Lipinski definition) is 1. The van der Waals surface area contributed by atoms with Gasteiger partial charge in [0.15, 0.2) is 5.76 Å². The Kier molecular flexibility index (Phi) is 4.76. The molecule has 0 unspecified atom stereocenters. The fourth-order valence-corrected chi connectivity index (χ4v) is 2.15. The minimum atomic E-state index is -0.101. The van der Waals surface area contributed by atoms with Crippen LogP contribution in [0, 0.1) is 0 Å². The van der Waals surface area contributed by atoms with Gasteiger partial charge in [0.25, 0.3) is 5.88 Å². The Morgan fingerprint density at radius 2 is 2.21 bits per heavy atom. The van der Waals surface area contributed by atoms with Crippen LogP contribution in [0.5, 0.6) is 5.88 Å². The molecular weight excluding hydrogens is 308 g/mol. The molecule has 0 saturated heterocycles. The Morgan fingerprint density at radius 1 is 1.47 bits per heavy atom. The van der Waals surface area contributed by atoms with Gasteiger partial charge in [0.2, 0.25) is 0 Å². The van der Waals surface area contributed by atoms with Crippen molar-refractivity contribution in [1.29, 1.82) is 0 Å². The lowest BCUT2D eigenvalue weighted by atomic mass is 10.2. The third kappa shape index (κ3) is 3.24. The first-order chi connectivity index (χ1) is 9.26. The molecule has 0 radical (unpaired) electrons. The highest BCUT2D eigenvalue weighted by Gasteiger charge is 2.20. The van der Waals surface area contributed by atoms with Crippen LogP contribution in [0.1, 0.15) is 17.4 Å². The largest absolute Gasteiger partial charge is 0.470 e. The minimum Gasteiger partial charge on any atom is -0.470 e. The maximum Gasteiger partial charge on any atom is 0.269 e. The van der Waals surface area contributed by atoms with Crippen LogP contribution in [-0.4, -0.2) is 12.2 Å². The Hall–Kier alpha value is -1.59. The first-order valence-electron chi connectivity index (χ1n) is 5.88. The number of rotatable bonds is 6. The maximum absolute atomic E-state index is 5.63. The van der Waals surface area contributed by atoms with Gasteiger partial charge in [-0.25, -0.2) is 0 Å². The zero-order valence-corrected chi connectivity index (χ0v) is 12.2. The molecular formula is C14H15BrN2O2. The van der Waals surface area contributed by atoms with Crippen molar-refractivity contribution in [2.75, 3.05) is 7.05 Å². The number of halogens is 1. The van der Waals surface area contributed by atoms with Crippen LogP contribution in [0.15, 0.2) is 52.0 Å². The molecule has 0 bridgehead atoms. The summed E-state index contributed by atoms with van der Waals surface area (Å²) in [6, 6.07) is 9.79. The highest BCUT2D eigenvalue weighted by Crippen LogP contribution is 2.32. The maximum atomic E-state index is 5.63. The summed E-state index contributed by atoms with van der Waals surface area (Å²) in [7, 11) is 1.83. The summed E-state index contributed by atoms with van der Waals surface area (Å²) < 4.78 is 11.6. The predicted molar refractivity (Wildman–Crippen MR) is 77.0 cm³/mol. The first-order valence-corrected chi connectivity index (χ1v) is 6.67. The summed E-state index contributed by atoms with van der Waals surface area (Å²) in [5.41, 5.74) is 1.08. The molecule has 1 N–H and O–H groups in total. The molecule has 0 fully saturated rings. The Bertz CT molecular complexity index is 540. The van der Waals surface area contributed by atoms with Gasteiger partial charge in [0.1, 0.15) is 11.1 Å². The standard InChI is InChI=1S/C14H15BrN2O2/c1-3-11(16-2)13-12(15)14(17-19-13)18-9-10-7-5-4-6-8-10/h3-8,11,16H,1,9H2,2H3/t11-/m0/s1. The van der Waals surface area contributed by atoms with E-state index >= 15 is 0 Å². The fraction of sp³-hybridized carbons (Fsp3) is 0.214. The van der Waals surface area contributed by atoms with Crippen molar-refractivity contribution in [1.82, 2.24) is 10.5 Å². The normalized spacial score (nSPS) is 12.1. The van der Waals surface area contributed by atoms with Crippen LogP contribution in [-0.2, 0) is 6.61 Å². The number of ether oxygens (including phenoxy) is 1. The van der Waals surface area contributed by atoms with Gasteiger partial charge >= 0.3 is 0 Å². The molecule has 0 aliphatic carbocycles. The van der Waals surface area contributed by atoms with Crippen LogP contribution in [0.2, 0.25) is 0 Å². The monoisotopic (exact) mass is 322 g/mol. The smallest absolute Gasteiger partial charge is 0.269 e. The van der Waals surface area contributed by atoms with Gasteiger partial charge < -0.3 is 14.6 Å². The lowest BCUT2D eigenvalue weighted by Crippen LogP contribution is -2.13. The van der Waals surface area contributed by atoms with Crippen LogP contribution >= 0.6 is 15.9 Å². The third-order valence-corrected chi connectivity index (χ3v) is 3.41. The number of benzene rings is 1. The second kappa shape index (κ2) is 6.54. The van der Waals surface area contributed by atoms with Crippen molar-refractivity contribution in [3.8, 4) is 5.88 Å². The molecule has 2 rings (SSSR count). The van der Waals surface area contributed by atoms with Crippen molar-refractivity contribution in [2.45, 2.75) is 12.6 Å². The van der Waals surface area contributed by atoms with Crippen LogP contribution in [0.25, 0.3) is 0 Å². The van der Waals surface area contributed by atoms with Gasteiger partial charge in [-0.15, -0.1) is 6.58 Å². The SMILES string of the molecule is C=C[C@H](NC)c1onc(OCc2ccccc2)c1Br. The minimum absolute atomic E-state index is 0.101. The molecule has 0 amide bonds. The lowest BCUT2D eigenvalue weighted by Gasteiger charge is -2.07. The van der Waals surface area contributed by atoms with Gasteiger partial charge in [0, 0.05) is 0 Å². The highest BCUT2D eigenvalue weighted by atomic mass is 79.9. The topological polar surface area (TPSA) is 47.3 Å². The van der Waals surface area contributed by atoms with E-state index in [4.69, 9.17) is 9.26 Å². The summed E-state index contributed by atoms with van der Waals surface area (Å²) in [6.07, 6.45) is 1.74. The molecule has 5 heteroatoms. The molecule has 0 spiro atoms. The number of likely N-dealkylation sites (N-methyl/N-ethyl adjacent to an activating group) is 1. The van der Waals surface area contributed by atoms with Gasteiger partial charge in [-0.05, 0) is 33.7 Å². The van der Waals surface area contributed by atoms with E-state index in [0.29, 0.717) is 22.7 Å². The molecule has 100 valence electrons. The molecule has 1 atom stereocenters.